The second-order valence-electron chi connectivity index (χ2n) is 6.55. The van der Waals surface area contributed by atoms with Crippen molar-refractivity contribution in [3.8, 4) is 0 Å². The highest BCUT2D eigenvalue weighted by molar-refractivity contribution is 14.0. The van der Waals surface area contributed by atoms with Crippen LogP contribution < -0.4 is 5.32 Å². The van der Waals surface area contributed by atoms with Crippen LogP contribution in [-0.4, -0.2) is 85.1 Å². The number of aliphatic imine (C=N–C) groups is 1. The number of aromatic nitrogens is 1. The fraction of sp³-hybridized carbons (Fsp3) is 0.706. The van der Waals surface area contributed by atoms with Gasteiger partial charge in [0.2, 0.25) is 5.91 Å². The highest BCUT2D eigenvalue weighted by Crippen LogP contribution is 2.09. The molecule has 1 aliphatic rings. The zero-order valence-electron chi connectivity index (χ0n) is 16.2. The van der Waals surface area contributed by atoms with Crippen molar-refractivity contribution in [3.63, 3.8) is 0 Å². The minimum Gasteiger partial charge on any atom is -0.361 e. The third-order valence-electron chi connectivity index (χ3n) is 4.13. The van der Waals surface area contributed by atoms with Gasteiger partial charge in [-0.2, -0.15) is 0 Å². The molecule has 1 aliphatic heterocycles. The van der Waals surface area contributed by atoms with Crippen LogP contribution in [-0.2, 0) is 11.3 Å². The fourth-order valence-electron chi connectivity index (χ4n) is 2.63. The van der Waals surface area contributed by atoms with E-state index in [0.717, 1.165) is 63.1 Å². The Morgan fingerprint density at radius 2 is 2.04 bits per heavy atom. The zero-order valence-corrected chi connectivity index (χ0v) is 18.5. The van der Waals surface area contributed by atoms with Gasteiger partial charge < -0.3 is 19.6 Å². The molecule has 1 N–H and O–H groups in total. The van der Waals surface area contributed by atoms with Crippen LogP contribution in [0.3, 0.4) is 0 Å². The molecule has 1 saturated heterocycles. The molecule has 8 nitrogen and oxygen atoms in total. The summed E-state index contributed by atoms with van der Waals surface area (Å²) in [6.45, 7) is 9.48. The Labute approximate surface area is 173 Å². The van der Waals surface area contributed by atoms with Crippen molar-refractivity contribution in [2.45, 2.75) is 26.8 Å². The Balaban J connectivity index is 0.00000338. The van der Waals surface area contributed by atoms with Gasteiger partial charge in [0, 0.05) is 59.4 Å². The lowest BCUT2D eigenvalue weighted by atomic mass is 10.3. The van der Waals surface area contributed by atoms with Crippen molar-refractivity contribution in [2.75, 3.05) is 53.4 Å². The summed E-state index contributed by atoms with van der Waals surface area (Å²) in [5.41, 5.74) is 0.973. The smallest absolute Gasteiger partial charge is 0.243 e. The molecule has 1 aromatic heterocycles. The molecule has 1 amide bonds. The molecule has 0 unspecified atom stereocenters. The maximum absolute atomic E-state index is 11.8. The molecular formula is C17H31IN6O2. The van der Waals surface area contributed by atoms with Crippen LogP contribution in [0.4, 0.5) is 0 Å². The lowest BCUT2D eigenvalue weighted by Gasteiger charge is -2.36. The molecule has 26 heavy (non-hydrogen) atoms. The second-order valence-corrected chi connectivity index (χ2v) is 6.55. The minimum atomic E-state index is 0. The van der Waals surface area contributed by atoms with Crippen molar-refractivity contribution in [1.82, 2.24) is 25.2 Å². The minimum absolute atomic E-state index is 0. The number of hydrogen-bond donors (Lipinski definition) is 1. The van der Waals surface area contributed by atoms with Crippen molar-refractivity contribution < 1.29 is 9.32 Å². The lowest BCUT2D eigenvalue weighted by molar-refractivity contribution is -0.127. The first kappa shape index (κ1) is 22.7. The number of amides is 1. The van der Waals surface area contributed by atoms with E-state index >= 15 is 0 Å². The Hall–Kier alpha value is -1.36. The number of halogens is 1. The van der Waals surface area contributed by atoms with Gasteiger partial charge in [0.25, 0.3) is 0 Å². The summed E-state index contributed by atoms with van der Waals surface area (Å²) in [5.74, 6) is 1.68. The van der Waals surface area contributed by atoms with Gasteiger partial charge in [-0.05, 0) is 13.3 Å². The molecule has 0 atom stereocenters. The molecule has 9 heteroatoms. The maximum atomic E-state index is 11.8. The predicted molar refractivity (Wildman–Crippen MR) is 113 cm³/mol. The summed E-state index contributed by atoms with van der Waals surface area (Å²) in [7, 11) is 3.50. The molecular weight excluding hydrogens is 447 g/mol. The third-order valence-corrected chi connectivity index (χ3v) is 4.13. The summed E-state index contributed by atoms with van der Waals surface area (Å²) in [6.07, 6.45) is 1.02. The molecule has 0 aromatic carbocycles. The van der Waals surface area contributed by atoms with Gasteiger partial charge in [-0.1, -0.05) is 12.1 Å². The summed E-state index contributed by atoms with van der Waals surface area (Å²) in [6, 6.07) is 1.98. The van der Waals surface area contributed by atoms with Crippen molar-refractivity contribution in [2.24, 2.45) is 4.99 Å². The van der Waals surface area contributed by atoms with E-state index in [2.05, 4.69) is 32.2 Å². The van der Waals surface area contributed by atoms with Crippen molar-refractivity contribution in [3.05, 3.63) is 17.5 Å². The Kier molecular flexibility index (Phi) is 9.92. The number of aryl methyl sites for hydroxylation is 1. The van der Waals surface area contributed by atoms with Crippen LogP contribution in [0, 0.1) is 6.92 Å². The predicted octanol–water partition coefficient (Wildman–Crippen LogP) is 1.16. The Morgan fingerprint density at radius 1 is 1.35 bits per heavy atom. The van der Waals surface area contributed by atoms with E-state index in [1.165, 1.54) is 0 Å². The number of carbonyl (C=O) groups excluding carboxylic acids is 1. The van der Waals surface area contributed by atoms with Crippen LogP contribution in [0.25, 0.3) is 0 Å². The van der Waals surface area contributed by atoms with Gasteiger partial charge in [-0.3, -0.25) is 9.69 Å². The lowest BCUT2D eigenvalue weighted by Crippen LogP contribution is -2.52. The van der Waals surface area contributed by atoms with E-state index in [4.69, 9.17) is 4.52 Å². The number of nitrogens with one attached hydrogen (secondary N) is 1. The number of hydrogen-bond acceptors (Lipinski definition) is 5. The molecule has 0 aliphatic carbocycles. The first-order valence-corrected chi connectivity index (χ1v) is 8.87. The van der Waals surface area contributed by atoms with Crippen molar-refractivity contribution in [1.29, 1.82) is 0 Å². The van der Waals surface area contributed by atoms with E-state index in [-0.39, 0.29) is 36.4 Å². The molecule has 0 spiro atoms. The molecule has 0 radical (unpaired) electrons. The van der Waals surface area contributed by atoms with E-state index in [9.17, 15) is 4.79 Å². The van der Waals surface area contributed by atoms with Gasteiger partial charge in [-0.15, -0.1) is 24.0 Å². The number of rotatable bonds is 6. The monoisotopic (exact) mass is 478 g/mol. The molecule has 1 aromatic rings. The molecule has 148 valence electrons. The standard InChI is InChI=1S/C17H30N6O2.HI/c1-5-6-18-17(19-12-16(24)21(3)4)23-9-7-22(8-10-23)13-15-11-14(2)25-20-15;/h11H,5-10,12-13H2,1-4H3,(H,18,19);1H. The van der Waals surface area contributed by atoms with Crippen LogP contribution in [0.1, 0.15) is 24.8 Å². The number of carbonyl (C=O) groups is 1. The normalized spacial score (nSPS) is 15.5. The second kappa shape index (κ2) is 11.4. The SMILES string of the molecule is CCCNC(=NCC(=O)N(C)C)N1CCN(Cc2cc(C)on2)CC1.I. The average molecular weight is 478 g/mol. The van der Waals surface area contributed by atoms with Crippen LogP contribution >= 0.6 is 24.0 Å². The summed E-state index contributed by atoms with van der Waals surface area (Å²) in [5, 5.41) is 7.42. The Morgan fingerprint density at radius 3 is 2.58 bits per heavy atom. The first-order valence-electron chi connectivity index (χ1n) is 8.87. The van der Waals surface area contributed by atoms with E-state index < -0.39 is 0 Å². The van der Waals surface area contributed by atoms with Gasteiger partial charge in [0.05, 0.1) is 5.69 Å². The largest absolute Gasteiger partial charge is 0.361 e. The summed E-state index contributed by atoms with van der Waals surface area (Å²) in [4.78, 5) is 22.5. The summed E-state index contributed by atoms with van der Waals surface area (Å²) < 4.78 is 5.13. The maximum Gasteiger partial charge on any atom is 0.243 e. The van der Waals surface area contributed by atoms with Gasteiger partial charge in [0.1, 0.15) is 12.3 Å². The quantitative estimate of drug-likeness (QED) is 0.376. The highest BCUT2D eigenvalue weighted by atomic mass is 127. The molecule has 2 rings (SSSR count). The topological polar surface area (TPSA) is 77.2 Å². The molecule has 2 heterocycles. The summed E-state index contributed by atoms with van der Waals surface area (Å²) >= 11 is 0. The molecule has 0 saturated carbocycles. The zero-order chi connectivity index (χ0) is 18.2. The van der Waals surface area contributed by atoms with Gasteiger partial charge in [-0.25, -0.2) is 4.99 Å². The fourth-order valence-corrected chi connectivity index (χ4v) is 2.63. The van der Waals surface area contributed by atoms with Crippen LogP contribution in [0.15, 0.2) is 15.6 Å². The van der Waals surface area contributed by atoms with E-state index in [1.54, 1.807) is 19.0 Å². The van der Waals surface area contributed by atoms with E-state index in [0.29, 0.717) is 0 Å². The first-order chi connectivity index (χ1) is 12.0. The van der Waals surface area contributed by atoms with E-state index in [1.807, 2.05) is 13.0 Å². The average Bonchev–Trinajstić information content (AvgIpc) is 3.00. The molecule has 1 fully saturated rings. The van der Waals surface area contributed by atoms with Crippen LogP contribution in [0.2, 0.25) is 0 Å². The highest BCUT2D eigenvalue weighted by Gasteiger charge is 2.21. The number of likely N-dealkylation sites (N-methyl/N-ethyl adjacent to an activating group) is 1. The van der Waals surface area contributed by atoms with Crippen LogP contribution in [0.5, 0.6) is 0 Å². The molecule has 0 bridgehead atoms. The van der Waals surface area contributed by atoms with Gasteiger partial charge in [0.15, 0.2) is 5.96 Å². The third kappa shape index (κ3) is 7.10. The van der Waals surface area contributed by atoms with Gasteiger partial charge >= 0.3 is 0 Å². The number of nitrogens with zero attached hydrogens (tertiary/aromatic N) is 5. The number of piperazine rings is 1. The van der Waals surface area contributed by atoms with Crippen molar-refractivity contribution >= 4 is 35.8 Å². The number of guanidine groups is 1. The Bertz CT molecular complexity index is 582.